The molecule has 1 saturated heterocycles. The molecule has 23 heavy (non-hydrogen) atoms. The maximum atomic E-state index is 12.2. The van der Waals surface area contributed by atoms with Gasteiger partial charge in [0, 0.05) is 25.3 Å². The van der Waals surface area contributed by atoms with Gasteiger partial charge in [0.25, 0.3) is 17.4 Å². The van der Waals surface area contributed by atoms with Crippen LogP contribution in [0.1, 0.15) is 33.8 Å². The number of aromatic amines is 1. The van der Waals surface area contributed by atoms with Gasteiger partial charge in [-0.05, 0) is 37.1 Å². The molecule has 1 aliphatic heterocycles. The fraction of sp³-hybridized carbons (Fsp3) is 0.312. The largest absolute Gasteiger partial charge is 0.459 e. The molecule has 2 aromatic rings. The van der Waals surface area contributed by atoms with E-state index in [1.807, 2.05) is 0 Å². The van der Waals surface area contributed by atoms with Crippen molar-refractivity contribution in [3.63, 3.8) is 0 Å². The molecule has 7 heteroatoms. The second-order valence-corrected chi connectivity index (χ2v) is 5.43. The number of nitrogens with one attached hydrogen (secondary N) is 2. The summed E-state index contributed by atoms with van der Waals surface area (Å²) >= 11 is 0. The van der Waals surface area contributed by atoms with Crippen LogP contribution >= 0.6 is 0 Å². The van der Waals surface area contributed by atoms with Crippen molar-refractivity contribution in [2.45, 2.75) is 18.9 Å². The average molecular weight is 315 g/mol. The third-order valence-corrected chi connectivity index (χ3v) is 3.91. The maximum absolute atomic E-state index is 12.2. The van der Waals surface area contributed by atoms with Crippen LogP contribution in [0.25, 0.3) is 0 Å². The number of hydrogen-bond donors (Lipinski definition) is 2. The molecule has 0 unspecified atom stereocenters. The molecule has 120 valence electrons. The number of carbonyl (C=O) groups excluding carboxylic acids is 2. The van der Waals surface area contributed by atoms with Gasteiger partial charge in [-0.2, -0.15) is 0 Å². The van der Waals surface area contributed by atoms with E-state index in [2.05, 4.69) is 10.3 Å². The van der Waals surface area contributed by atoms with Crippen molar-refractivity contribution in [3.8, 4) is 0 Å². The first kappa shape index (κ1) is 15.1. The first-order chi connectivity index (χ1) is 11.1. The molecular formula is C16H17N3O4. The lowest BCUT2D eigenvalue weighted by molar-refractivity contribution is 0.0667. The van der Waals surface area contributed by atoms with Crippen LogP contribution in [0, 0.1) is 0 Å². The highest BCUT2D eigenvalue weighted by molar-refractivity contribution is 5.94. The Morgan fingerprint density at radius 2 is 2.00 bits per heavy atom. The van der Waals surface area contributed by atoms with E-state index in [4.69, 9.17) is 4.42 Å². The van der Waals surface area contributed by atoms with Crippen LogP contribution in [-0.4, -0.2) is 40.8 Å². The molecule has 0 aliphatic carbocycles. The van der Waals surface area contributed by atoms with Crippen molar-refractivity contribution in [2.24, 2.45) is 0 Å². The Hall–Kier alpha value is -2.83. The fourth-order valence-corrected chi connectivity index (χ4v) is 2.65. The van der Waals surface area contributed by atoms with Gasteiger partial charge in [0.05, 0.1) is 6.26 Å². The minimum absolute atomic E-state index is 0.0530. The van der Waals surface area contributed by atoms with Crippen molar-refractivity contribution in [3.05, 3.63) is 58.4 Å². The van der Waals surface area contributed by atoms with E-state index in [0.29, 0.717) is 31.7 Å². The van der Waals surface area contributed by atoms with Crippen LogP contribution in [0.4, 0.5) is 0 Å². The van der Waals surface area contributed by atoms with E-state index in [1.54, 1.807) is 23.1 Å². The van der Waals surface area contributed by atoms with Gasteiger partial charge >= 0.3 is 0 Å². The minimum atomic E-state index is -0.407. The van der Waals surface area contributed by atoms with Gasteiger partial charge < -0.3 is 19.6 Å². The number of furan rings is 1. The molecule has 1 fully saturated rings. The predicted octanol–water partition coefficient (Wildman–Crippen LogP) is 1.00. The molecule has 2 aromatic heterocycles. The number of rotatable bonds is 3. The van der Waals surface area contributed by atoms with Crippen LogP contribution < -0.4 is 10.9 Å². The SMILES string of the molecule is O=C(NC1CCN(C(=O)c2ccco2)CC1)c1ccc[nH]c1=O. The van der Waals surface area contributed by atoms with Crippen molar-refractivity contribution < 1.29 is 14.0 Å². The summed E-state index contributed by atoms with van der Waals surface area (Å²) < 4.78 is 5.11. The van der Waals surface area contributed by atoms with Gasteiger partial charge in [-0.25, -0.2) is 0 Å². The van der Waals surface area contributed by atoms with E-state index in [-0.39, 0.29) is 23.4 Å². The molecule has 1 aliphatic rings. The summed E-state index contributed by atoms with van der Waals surface area (Å²) in [6.45, 7) is 1.07. The van der Waals surface area contributed by atoms with Gasteiger partial charge in [-0.1, -0.05) is 0 Å². The third-order valence-electron chi connectivity index (χ3n) is 3.91. The molecule has 2 N–H and O–H groups in total. The van der Waals surface area contributed by atoms with E-state index in [0.717, 1.165) is 0 Å². The first-order valence-electron chi connectivity index (χ1n) is 7.46. The Balaban J connectivity index is 1.55. The predicted molar refractivity (Wildman–Crippen MR) is 82.2 cm³/mol. The molecule has 0 atom stereocenters. The maximum Gasteiger partial charge on any atom is 0.289 e. The Morgan fingerprint density at radius 1 is 1.22 bits per heavy atom. The monoisotopic (exact) mass is 315 g/mol. The van der Waals surface area contributed by atoms with E-state index < -0.39 is 5.56 Å². The zero-order chi connectivity index (χ0) is 16.2. The number of carbonyl (C=O) groups is 2. The number of amides is 2. The zero-order valence-electron chi connectivity index (χ0n) is 12.5. The van der Waals surface area contributed by atoms with E-state index >= 15 is 0 Å². The van der Waals surface area contributed by atoms with Crippen LogP contribution in [0.3, 0.4) is 0 Å². The molecule has 0 saturated carbocycles. The van der Waals surface area contributed by atoms with Gasteiger partial charge in [0.15, 0.2) is 5.76 Å². The van der Waals surface area contributed by atoms with Crippen molar-refractivity contribution in [1.82, 2.24) is 15.2 Å². The fourth-order valence-electron chi connectivity index (χ4n) is 2.65. The highest BCUT2D eigenvalue weighted by Gasteiger charge is 2.26. The molecule has 0 spiro atoms. The average Bonchev–Trinajstić information content (AvgIpc) is 3.09. The minimum Gasteiger partial charge on any atom is -0.459 e. The lowest BCUT2D eigenvalue weighted by Crippen LogP contribution is -2.47. The summed E-state index contributed by atoms with van der Waals surface area (Å²) in [7, 11) is 0. The highest BCUT2D eigenvalue weighted by Crippen LogP contribution is 2.14. The molecule has 0 aromatic carbocycles. The molecule has 0 bridgehead atoms. The number of nitrogens with zero attached hydrogens (tertiary/aromatic N) is 1. The number of aromatic nitrogens is 1. The number of H-pyrrole nitrogens is 1. The standard InChI is InChI=1S/C16H17N3O4/c20-14-12(3-1-7-17-14)15(21)18-11-5-8-19(9-6-11)16(22)13-4-2-10-23-13/h1-4,7,10-11H,5-6,8-9H2,(H,17,20)(H,18,21). The second-order valence-electron chi connectivity index (χ2n) is 5.43. The Kier molecular flexibility index (Phi) is 4.27. The normalized spacial score (nSPS) is 15.4. The summed E-state index contributed by atoms with van der Waals surface area (Å²) in [6.07, 6.45) is 4.24. The Labute approximate surface area is 132 Å². The number of likely N-dealkylation sites (tertiary alicyclic amines) is 1. The van der Waals surface area contributed by atoms with Gasteiger partial charge in [0.1, 0.15) is 5.56 Å². The van der Waals surface area contributed by atoms with E-state index in [9.17, 15) is 14.4 Å². The topological polar surface area (TPSA) is 95.4 Å². The van der Waals surface area contributed by atoms with Gasteiger partial charge in [-0.3, -0.25) is 14.4 Å². The quantitative estimate of drug-likeness (QED) is 0.883. The van der Waals surface area contributed by atoms with E-state index in [1.165, 1.54) is 18.5 Å². The summed E-state index contributed by atoms with van der Waals surface area (Å²) in [5, 5.41) is 2.85. The zero-order valence-corrected chi connectivity index (χ0v) is 12.5. The highest BCUT2D eigenvalue weighted by atomic mass is 16.3. The van der Waals surface area contributed by atoms with Gasteiger partial charge in [-0.15, -0.1) is 0 Å². The van der Waals surface area contributed by atoms with Crippen LogP contribution in [0.15, 0.2) is 45.9 Å². The summed E-state index contributed by atoms with van der Waals surface area (Å²) in [4.78, 5) is 40.0. The lowest BCUT2D eigenvalue weighted by atomic mass is 10.0. The smallest absolute Gasteiger partial charge is 0.289 e. The summed E-state index contributed by atoms with van der Waals surface area (Å²) in [5.74, 6) is -0.203. The Bertz CT molecular complexity index is 743. The molecule has 3 heterocycles. The van der Waals surface area contributed by atoms with Crippen LogP contribution in [0.2, 0.25) is 0 Å². The summed E-state index contributed by atoms with van der Waals surface area (Å²) in [6, 6.07) is 6.36. The Morgan fingerprint density at radius 3 is 2.65 bits per heavy atom. The second kappa shape index (κ2) is 6.51. The van der Waals surface area contributed by atoms with Gasteiger partial charge in [0.2, 0.25) is 0 Å². The first-order valence-corrected chi connectivity index (χ1v) is 7.46. The lowest BCUT2D eigenvalue weighted by Gasteiger charge is -2.31. The van der Waals surface area contributed by atoms with Crippen LogP contribution in [0.5, 0.6) is 0 Å². The van der Waals surface area contributed by atoms with Crippen LogP contribution in [-0.2, 0) is 0 Å². The molecule has 3 rings (SSSR count). The van der Waals surface area contributed by atoms with Crippen molar-refractivity contribution in [2.75, 3.05) is 13.1 Å². The van der Waals surface area contributed by atoms with Crippen molar-refractivity contribution in [1.29, 1.82) is 0 Å². The number of piperidine rings is 1. The number of hydrogen-bond acceptors (Lipinski definition) is 4. The summed E-state index contributed by atoms with van der Waals surface area (Å²) in [5.41, 5.74) is -0.308. The molecule has 2 amide bonds. The number of pyridine rings is 1. The molecular weight excluding hydrogens is 298 g/mol. The van der Waals surface area contributed by atoms with Crippen molar-refractivity contribution >= 4 is 11.8 Å². The molecule has 7 nitrogen and oxygen atoms in total. The third kappa shape index (κ3) is 3.33. The molecule has 0 radical (unpaired) electrons.